The second kappa shape index (κ2) is 8.23. The molecule has 0 saturated heterocycles. The summed E-state index contributed by atoms with van der Waals surface area (Å²) in [6, 6.07) is 6.45. The minimum absolute atomic E-state index is 0.0512. The van der Waals surface area contributed by atoms with Crippen molar-refractivity contribution in [2.75, 3.05) is 13.2 Å². The van der Waals surface area contributed by atoms with Gasteiger partial charge in [0.15, 0.2) is 5.78 Å². The molecule has 9 heteroatoms. The van der Waals surface area contributed by atoms with Gasteiger partial charge in [-0.05, 0) is 38.1 Å². The first-order valence-corrected chi connectivity index (χ1v) is 7.41. The van der Waals surface area contributed by atoms with Crippen LogP contribution in [-0.2, 0) is 4.57 Å². The van der Waals surface area contributed by atoms with Crippen LogP contribution in [0.4, 0.5) is 0 Å². The Morgan fingerprint density at radius 2 is 1.62 bits per heavy atom. The third-order valence-corrected chi connectivity index (χ3v) is 2.03. The van der Waals surface area contributed by atoms with Gasteiger partial charge in [-0.1, -0.05) is 0 Å². The van der Waals surface area contributed by atoms with Crippen molar-refractivity contribution in [3.05, 3.63) is 29.8 Å². The number of ketones is 1. The van der Waals surface area contributed by atoms with E-state index in [9.17, 15) is 9.90 Å². The van der Waals surface area contributed by atoms with Crippen LogP contribution in [0.3, 0.4) is 0 Å². The fourth-order valence-electron chi connectivity index (χ4n) is 1.22. The van der Waals surface area contributed by atoms with Crippen molar-refractivity contribution in [3.63, 3.8) is 0 Å². The summed E-state index contributed by atoms with van der Waals surface area (Å²) in [6.07, 6.45) is 0. The van der Waals surface area contributed by atoms with Crippen LogP contribution in [0.5, 0.6) is 5.75 Å². The third-order valence-electron chi connectivity index (χ3n) is 2.03. The van der Waals surface area contributed by atoms with Crippen molar-refractivity contribution in [2.45, 2.75) is 19.4 Å². The summed E-state index contributed by atoms with van der Waals surface area (Å²) >= 11 is 0. The molecule has 0 aliphatic carbocycles. The van der Waals surface area contributed by atoms with Gasteiger partial charge in [-0.15, -0.1) is 0 Å². The number of hydrogen-bond donors (Lipinski definition) is 5. The molecular formula is C12H19O8P. The molecule has 5 N–H and O–H groups in total. The number of hydrogen-bond acceptors (Lipinski definition) is 5. The number of aliphatic hydroxyl groups is 2. The van der Waals surface area contributed by atoms with E-state index in [1.165, 1.54) is 13.8 Å². The maximum absolute atomic E-state index is 11.7. The van der Waals surface area contributed by atoms with Gasteiger partial charge < -0.3 is 29.6 Å². The minimum Gasteiger partial charge on any atom is -0.491 e. The zero-order valence-corrected chi connectivity index (χ0v) is 12.5. The summed E-state index contributed by atoms with van der Waals surface area (Å²) in [4.78, 5) is 33.2. The van der Waals surface area contributed by atoms with E-state index in [4.69, 9.17) is 29.1 Å². The van der Waals surface area contributed by atoms with E-state index in [0.717, 1.165) is 0 Å². The number of carbonyl (C=O) groups excluding carboxylic acids is 1. The number of Topliss-reactive ketones (excluding diaryl/α,β-unsaturated/α-hetero) is 1. The Labute approximate surface area is 121 Å². The molecule has 0 heterocycles. The number of aliphatic hydroxyl groups excluding tert-OH is 1. The molecule has 120 valence electrons. The van der Waals surface area contributed by atoms with Crippen molar-refractivity contribution in [1.82, 2.24) is 0 Å². The van der Waals surface area contributed by atoms with Crippen LogP contribution in [-0.4, -0.2) is 49.5 Å². The second-order valence-corrected chi connectivity index (χ2v) is 5.52. The van der Waals surface area contributed by atoms with Gasteiger partial charge in [-0.25, -0.2) is 4.57 Å². The van der Waals surface area contributed by atoms with Crippen molar-refractivity contribution >= 4 is 13.6 Å². The van der Waals surface area contributed by atoms with Gasteiger partial charge in [0, 0.05) is 5.56 Å². The SMILES string of the molecule is CC(C)(O)C(=O)c1ccc(OCCO)cc1.O=P(O)(O)O. The molecule has 0 aliphatic heterocycles. The molecule has 8 nitrogen and oxygen atoms in total. The molecule has 1 aromatic carbocycles. The highest BCUT2D eigenvalue weighted by Crippen LogP contribution is 2.25. The van der Waals surface area contributed by atoms with Gasteiger partial charge in [0.2, 0.25) is 0 Å². The molecule has 0 amide bonds. The number of carbonyl (C=O) groups is 1. The molecule has 0 spiro atoms. The Morgan fingerprint density at radius 3 is 1.95 bits per heavy atom. The predicted octanol–water partition coefficient (Wildman–Crippen LogP) is 0.0827. The van der Waals surface area contributed by atoms with Crippen LogP contribution in [0.25, 0.3) is 0 Å². The smallest absolute Gasteiger partial charge is 0.466 e. The minimum atomic E-state index is -4.64. The van der Waals surface area contributed by atoms with E-state index in [2.05, 4.69) is 0 Å². The fraction of sp³-hybridized carbons (Fsp3) is 0.417. The molecule has 0 bridgehead atoms. The Morgan fingerprint density at radius 1 is 1.19 bits per heavy atom. The van der Waals surface area contributed by atoms with Crippen LogP contribution in [0, 0.1) is 0 Å². The summed E-state index contributed by atoms with van der Waals surface area (Å²) in [5.74, 6) is 0.252. The average molecular weight is 322 g/mol. The van der Waals surface area contributed by atoms with Crippen LogP contribution in [0.2, 0.25) is 0 Å². The highest BCUT2D eigenvalue weighted by Gasteiger charge is 2.24. The molecular weight excluding hydrogens is 303 g/mol. The maximum atomic E-state index is 11.7. The lowest BCUT2D eigenvalue weighted by molar-refractivity contribution is 0.0488. The second-order valence-electron chi connectivity index (χ2n) is 4.50. The van der Waals surface area contributed by atoms with Gasteiger partial charge in [0.1, 0.15) is 18.0 Å². The summed E-state index contributed by atoms with van der Waals surface area (Å²) < 4.78 is 14.0. The third kappa shape index (κ3) is 10.1. The molecule has 0 radical (unpaired) electrons. The van der Waals surface area contributed by atoms with E-state index in [-0.39, 0.29) is 19.0 Å². The van der Waals surface area contributed by atoms with Gasteiger partial charge in [0.25, 0.3) is 0 Å². The lowest BCUT2D eigenvalue weighted by Crippen LogP contribution is -2.30. The van der Waals surface area contributed by atoms with Gasteiger partial charge in [0.05, 0.1) is 6.61 Å². The molecule has 1 rings (SSSR count). The summed E-state index contributed by atoms with van der Waals surface area (Å²) in [5, 5.41) is 18.1. The van der Waals surface area contributed by atoms with E-state index in [1.54, 1.807) is 24.3 Å². The van der Waals surface area contributed by atoms with Crippen molar-refractivity contribution in [2.24, 2.45) is 0 Å². The largest absolute Gasteiger partial charge is 0.491 e. The Bertz CT molecular complexity index is 477. The normalized spacial score (nSPS) is 11.4. The monoisotopic (exact) mass is 322 g/mol. The number of rotatable bonds is 5. The van der Waals surface area contributed by atoms with E-state index < -0.39 is 13.4 Å². The number of benzene rings is 1. The van der Waals surface area contributed by atoms with Crippen molar-refractivity contribution in [3.8, 4) is 5.75 Å². The first-order chi connectivity index (χ1) is 9.45. The maximum Gasteiger partial charge on any atom is 0.466 e. The molecule has 21 heavy (non-hydrogen) atoms. The quantitative estimate of drug-likeness (QED) is 0.379. The molecule has 0 unspecified atom stereocenters. The van der Waals surface area contributed by atoms with E-state index >= 15 is 0 Å². The van der Waals surface area contributed by atoms with Crippen LogP contribution < -0.4 is 4.74 Å². The van der Waals surface area contributed by atoms with Gasteiger partial charge >= 0.3 is 7.82 Å². The number of ether oxygens (including phenoxy) is 1. The molecule has 0 aliphatic rings. The van der Waals surface area contributed by atoms with Crippen molar-refractivity contribution < 1.29 is 39.0 Å². The first kappa shape index (κ1) is 19.7. The van der Waals surface area contributed by atoms with Crippen molar-refractivity contribution in [1.29, 1.82) is 0 Å². The predicted molar refractivity (Wildman–Crippen MR) is 73.9 cm³/mol. The van der Waals surface area contributed by atoms with E-state index in [0.29, 0.717) is 11.3 Å². The zero-order chi connectivity index (χ0) is 16.7. The topological polar surface area (TPSA) is 145 Å². The summed E-state index contributed by atoms with van der Waals surface area (Å²) in [5.41, 5.74) is -0.933. The lowest BCUT2D eigenvalue weighted by Gasteiger charge is -2.15. The van der Waals surface area contributed by atoms with Gasteiger partial charge in [-0.2, -0.15) is 0 Å². The average Bonchev–Trinajstić information content (AvgIpc) is 2.33. The molecule has 0 saturated carbocycles. The highest BCUT2D eigenvalue weighted by atomic mass is 31.2. The molecule has 0 aromatic heterocycles. The summed E-state index contributed by atoms with van der Waals surface area (Å²) in [7, 11) is -4.64. The van der Waals surface area contributed by atoms with Gasteiger partial charge in [-0.3, -0.25) is 4.79 Å². The molecule has 0 fully saturated rings. The highest BCUT2D eigenvalue weighted by molar-refractivity contribution is 7.45. The Kier molecular flexibility index (Phi) is 7.73. The van der Waals surface area contributed by atoms with Crippen LogP contribution >= 0.6 is 7.82 Å². The Hall–Kier alpha value is -1.28. The molecule has 0 atom stereocenters. The number of phosphoric acid groups is 1. The molecule has 1 aromatic rings. The lowest BCUT2D eigenvalue weighted by atomic mass is 9.97. The standard InChI is InChI=1S/C12H16O4.H3O4P/c1-12(2,15)11(14)9-3-5-10(6-4-9)16-8-7-13;1-5(2,3)4/h3-6,13,15H,7-8H2,1-2H3;(H3,1,2,3,4). The fourth-order valence-corrected chi connectivity index (χ4v) is 1.22. The first-order valence-electron chi connectivity index (χ1n) is 5.84. The van der Waals surface area contributed by atoms with E-state index in [1.807, 2.05) is 0 Å². The van der Waals surface area contributed by atoms with Crippen LogP contribution in [0.1, 0.15) is 24.2 Å². The summed E-state index contributed by atoms with van der Waals surface area (Å²) in [6.45, 7) is 3.07. The zero-order valence-electron chi connectivity index (χ0n) is 11.6. The van der Waals surface area contributed by atoms with Crippen LogP contribution in [0.15, 0.2) is 24.3 Å². The Balaban J connectivity index is 0.000000690.